The van der Waals surface area contributed by atoms with Crippen molar-refractivity contribution in [1.29, 1.82) is 0 Å². The molecule has 2 aromatic rings. The van der Waals surface area contributed by atoms with Gasteiger partial charge in [-0.2, -0.15) is 0 Å². The molecule has 0 fully saturated rings. The van der Waals surface area contributed by atoms with E-state index >= 15 is 0 Å². The molecule has 0 atom stereocenters. The van der Waals surface area contributed by atoms with Gasteiger partial charge in [-0.25, -0.2) is 8.78 Å². The Morgan fingerprint density at radius 2 is 1.24 bits per heavy atom. The Hall–Kier alpha value is -2.56. The highest BCUT2D eigenvalue weighted by atomic mass is 19.1. The van der Waals surface area contributed by atoms with Crippen molar-refractivity contribution < 1.29 is 18.1 Å². The van der Waals surface area contributed by atoms with Crippen LogP contribution in [0.5, 0.6) is 0 Å². The van der Waals surface area contributed by atoms with Gasteiger partial charge in [0.05, 0.1) is 12.5 Å². The zero-order valence-electron chi connectivity index (χ0n) is 11.2. The molecule has 0 saturated carbocycles. The van der Waals surface area contributed by atoms with Crippen LogP contribution in [0.2, 0.25) is 0 Å². The number of rotatable bonds is 6. The summed E-state index contributed by atoms with van der Waals surface area (Å²) in [6.07, 6.45) is 6.10. The molecule has 0 radical (unpaired) electrons. The van der Waals surface area contributed by atoms with E-state index in [9.17, 15) is 8.78 Å². The Kier molecular flexibility index (Phi) is 5.58. The van der Waals surface area contributed by atoms with Crippen molar-refractivity contribution in [2.24, 2.45) is 0 Å². The summed E-state index contributed by atoms with van der Waals surface area (Å²) in [4.78, 5) is 0. The van der Waals surface area contributed by atoms with Gasteiger partial charge >= 0.3 is 7.69 Å². The molecule has 2 nitrogen and oxygen atoms in total. The van der Waals surface area contributed by atoms with Crippen LogP contribution in [0.1, 0.15) is 11.1 Å². The highest BCUT2D eigenvalue weighted by Gasteiger charge is 1.92. The van der Waals surface area contributed by atoms with Crippen LogP contribution in [0.15, 0.2) is 61.1 Å². The number of hydrogen-bond donors (Lipinski definition) is 0. The molecule has 0 N–H and O–H groups in total. The summed E-state index contributed by atoms with van der Waals surface area (Å²) in [7, 11) is 0.0115. The largest absolute Gasteiger partial charge is 0.575 e. The molecule has 0 saturated heterocycles. The van der Waals surface area contributed by atoms with Gasteiger partial charge < -0.3 is 9.31 Å². The summed E-state index contributed by atoms with van der Waals surface area (Å²) in [5.41, 5.74) is 1.40. The van der Waals surface area contributed by atoms with Crippen LogP contribution in [0, 0.1) is 11.6 Å². The minimum atomic E-state index is -0.300. The maximum atomic E-state index is 12.9. The van der Waals surface area contributed by atoms with Crippen LogP contribution in [0.3, 0.4) is 0 Å². The summed E-state index contributed by atoms with van der Waals surface area (Å²) in [6.45, 7) is 0. The van der Waals surface area contributed by atoms with Gasteiger partial charge in [0.1, 0.15) is 11.6 Å². The van der Waals surface area contributed by atoms with Gasteiger partial charge in [0.25, 0.3) is 0 Å². The van der Waals surface area contributed by atoms with Crippen molar-refractivity contribution in [3.05, 3.63) is 83.8 Å². The summed E-state index contributed by atoms with van der Waals surface area (Å²) in [6, 6.07) is 12.3. The number of halogens is 2. The van der Waals surface area contributed by atoms with E-state index in [1.54, 1.807) is 36.4 Å². The molecule has 0 heterocycles. The molecule has 0 aromatic heterocycles. The zero-order chi connectivity index (χ0) is 14.9. The molecule has 0 spiro atoms. The third-order valence-electron chi connectivity index (χ3n) is 2.55. The Bertz CT molecular complexity index is 586. The molecule has 0 unspecified atom stereocenters. The van der Waals surface area contributed by atoms with Gasteiger partial charge in [-0.05, 0) is 47.5 Å². The van der Waals surface area contributed by atoms with Gasteiger partial charge in [-0.3, -0.25) is 0 Å². The van der Waals surface area contributed by atoms with Crippen molar-refractivity contribution in [3.8, 4) is 0 Å². The third kappa shape index (κ3) is 5.52. The number of benzene rings is 2. The average Bonchev–Trinajstić information content (AvgIpc) is 2.46. The molecular formula is C16H13BF2O2. The van der Waals surface area contributed by atoms with E-state index in [1.165, 1.54) is 36.8 Å². The molecule has 2 rings (SSSR count). The van der Waals surface area contributed by atoms with Crippen molar-refractivity contribution in [1.82, 2.24) is 0 Å². The van der Waals surface area contributed by atoms with Crippen molar-refractivity contribution in [3.63, 3.8) is 0 Å². The third-order valence-corrected chi connectivity index (χ3v) is 2.55. The van der Waals surface area contributed by atoms with Gasteiger partial charge in [0.2, 0.25) is 0 Å². The fraction of sp³-hybridized carbons (Fsp3) is 0. The highest BCUT2D eigenvalue weighted by molar-refractivity contribution is 6.18. The van der Waals surface area contributed by atoms with E-state index in [-0.39, 0.29) is 19.3 Å². The minimum Gasteiger partial charge on any atom is -0.535 e. The summed E-state index contributed by atoms with van der Waals surface area (Å²) in [5, 5.41) is 0. The van der Waals surface area contributed by atoms with Crippen LogP contribution in [0.4, 0.5) is 8.78 Å². The molecular weight excluding hydrogens is 273 g/mol. The SMILES string of the molecule is Fc1cccc(C=COBOC=Cc2cccc(F)c2)c1. The quantitative estimate of drug-likeness (QED) is 0.455. The zero-order valence-corrected chi connectivity index (χ0v) is 11.2. The predicted octanol–water partition coefficient (Wildman–Crippen LogP) is 3.91. The van der Waals surface area contributed by atoms with E-state index in [2.05, 4.69) is 0 Å². The Morgan fingerprint density at radius 1 is 0.762 bits per heavy atom. The fourth-order valence-corrected chi connectivity index (χ4v) is 1.59. The lowest BCUT2D eigenvalue weighted by Gasteiger charge is -1.98. The molecule has 21 heavy (non-hydrogen) atoms. The fourth-order valence-electron chi connectivity index (χ4n) is 1.59. The van der Waals surface area contributed by atoms with Gasteiger partial charge in [-0.15, -0.1) is 0 Å². The first-order valence-corrected chi connectivity index (χ1v) is 6.31. The van der Waals surface area contributed by atoms with E-state index in [0.29, 0.717) is 11.1 Å². The lowest BCUT2D eigenvalue weighted by molar-refractivity contribution is 0.380. The second kappa shape index (κ2) is 7.90. The van der Waals surface area contributed by atoms with Crippen LogP contribution >= 0.6 is 0 Å². The standard InChI is InChI=1S/C16H13BF2O2/c18-15-5-1-3-13(11-15)7-9-20-17-21-10-8-14-4-2-6-16(19)12-14/h1-12,17H. The highest BCUT2D eigenvalue weighted by Crippen LogP contribution is 2.06. The first-order chi connectivity index (χ1) is 10.2. The second-order valence-electron chi connectivity index (χ2n) is 4.17. The van der Waals surface area contributed by atoms with Crippen LogP contribution in [0.25, 0.3) is 12.2 Å². The van der Waals surface area contributed by atoms with E-state index in [1.807, 2.05) is 0 Å². The van der Waals surface area contributed by atoms with Gasteiger partial charge in [0.15, 0.2) is 0 Å². The van der Waals surface area contributed by atoms with E-state index in [4.69, 9.17) is 9.31 Å². The predicted molar refractivity (Wildman–Crippen MR) is 80.2 cm³/mol. The van der Waals surface area contributed by atoms with Gasteiger partial charge in [0, 0.05) is 0 Å². The molecule has 0 aliphatic carbocycles. The monoisotopic (exact) mass is 286 g/mol. The summed E-state index contributed by atoms with van der Waals surface area (Å²) >= 11 is 0. The van der Waals surface area contributed by atoms with Crippen molar-refractivity contribution >= 4 is 19.8 Å². The molecule has 106 valence electrons. The molecule has 0 amide bonds. The maximum Gasteiger partial charge on any atom is 0.575 e. The molecule has 5 heteroatoms. The molecule has 2 aromatic carbocycles. The summed E-state index contributed by atoms with van der Waals surface area (Å²) in [5.74, 6) is -0.599. The Morgan fingerprint density at radius 3 is 1.67 bits per heavy atom. The van der Waals surface area contributed by atoms with Crippen molar-refractivity contribution in [2.75, 3.05) is 0 Å². The van der Waals surface area contributed by atoms with Crippen molar-refractivity contribution in [2.45, 2.75) is 0 Å². The summed E-state index contributed by atoms with van der Waals surface area (Å²) < 4.78 is 36.0. The maximum absolute atomic E-state index is 12.9. The van der Waals surface area contributed by atoms with Gasteiger partial charge in [-0.1, -0.05) is 24.3 Å². The Balaban J connectivity index is 1.70. The molecule has 0 aliphatic rings. The lowest BCUT2D eigenvalue weighted by Crippen LogP contribution is -1.93. The Labute approximate surface area is 122 Å². The molecule has 0 bridgehead atoms. The topological polar surface area (TPSA) is 18.5 Å². The van der Waals surface area contributed by atoms with E-state index in [0.717, 1.165) is 0 Å². The smallest absolute Gasteiger partial charge is 0.535 e. The first kappa shape index (κ1) is 14.8. The first-order valence-electron chi connectivity index (χ1n) is 6.31. The number of hydrogen-bond acceptors (Lipinski definition) is 2. The van der Waals surface area contributed by atoms with Crippen LogP contribution < -0.4 is 0 Å². The normalized spacial score (nSPS) is 11.0. The lowest BCUT2D eigenvalue weighted by atomic mass is 10.2. The van der Waals surface area contributed by atoms with Crippen LogP contribution in [-0.4, -0.2) is 7.69 Å². The van der Waals surface area contributed by atoms with Crippen LogP contribution in [-0.2, 0) is 9.31 Å². The van der Waals surface area contributed by atoms with E-state index < -0.39 is 0 Å². The second-order valence-corrected chi connectivity index (χ2v) is 4.17. The average molecular weight is 286 g/mol. The molecule has 0 aliphatic heterocycles. The minimum absolute atomic E-state index is 0.0115.